The third-order valence-corrected chi connectivity index (χ3v) is 7.74. The van der Waals surface area contributed by atoms with E-state index in [0.717, 1.165) is 16.8 Å². The van der Waals surface area contributed by atoms with Crippen LogP contribution in [-0.2, 0) is 5.41 Å². The van der Waals surface area contributed by atoms with E-state index < -0.39 is 0 Å². The van der Waals surface area contributed by atoms with E-state index in [0.29, 0.717) is 0 Å². The van der Waals surface area contributed by atoms with Crippen molar-refractivity contribution in [2.75, 3.05) is 0 Å². The van der Waals surface area contributed by atoms with Gasteiger partial charge in [-0.2, -0.15) is 0 Å². The summed E-state index contributed by atoms with van der Waals surface area (Å²) in [6.07, 6.45) is 3.72. The second kappa shape index (κ2) is 8.25. The van der Waals surface area contributed by atoms with Gasteiger partial charge < -0.3 is 0 Å². The third kappa shape index (κ3) is 3.41. The SMILES string of the molecule is CC1(C)c2ccccc2-c2nc3ccccc3c(-c3ccc(-c4cccc(-c5cccnc5)c4)cc3)c21. The van der Waals surface area contributed by atoms with Gasteiger partial charge in [-0.3, -0.25) is 4.98 Å². The molecule has 0 bridgehead atoms. The Morgan fingerprint density at radius 2 is 1.30 bits per heavy atom. The van der Waals surface area contributed by atoms with Crippen LogP contribution >= 0.6 is 0 Å². The molecule has 2 heteroatoms. The van der Waals surface area contributed by atoms with Crippen LogP contribution in [0.1, 0.15) is 25.0 Å². The molecule has 2 aromatic heterocycles. The summed E-state index contributed by atoms with van der Waals surface area (Å²) >= 11 is 0. The fourth-order valence-corrected chi connectivity index (χ4v) is 5.93. The minimum atomic E-state index is -0.130. The number of fused-ring (bicyclic) bond motifs is 4. The second-order valence-corrected chi connectivity index (χ2v) is 10.3. The fourth-order valence-electron chi connectivity index (χ4n) is 5.93. The minimum Gasteiger partial charge on any atom is -0.264 e. The van der Waals surface area contributed by atoms with Gasteiger partial charge in [0.05, 0.1) is 11.2 Å². The number of para-hydroxylation sites is 1. The highest BCUT2D eigenvalue weighted by Crippen LogP contribution is 2.53. The first-order chi connectivity index (χ1) is 18.1. The number of hydrogen-bond acceptors (Lipinski definition) is 2. The summed E-state index contributed by atoms with van der Waals surface area (Å²) in [4.78, 5) is 9.46. The van der Waals surface area contributed by atoms with E-state index in [2.05, 4.69) is 122 Å². The zero-order valence-electron chi connectivity index (χ0n) is 20.9. The number of benzene rings is 4. The fraction of sp³-hybridized carbons (Fsp3) is 0.0857. The molecule has 0 N–H and O–H groups in total. The molecular formula is C35H26N2. The topological polar surface area (TPSA) is 25.8 Å². The molecule has 1 aliphatic carbocycles. The van der Waals surface area contributed by atoms with Crippen LogP contribution in [0.3, 0.4) is 0 Å². The summed E-state index contributed by atoms with van der Waals surface area (Å²) in [7, 11) is 0. The highest BCUT2D eigenvalue weighted by atomic mass is 14.7. The lowest BCUT2D eigenvalue weighted by atomic mass is 9.78. The molecule has 7 rings (SSSR count). The molecule has 0 radical (unpaired) electrons. The number of aromatic nitrogens is 2. The predicted octanol–water partition coefficient (Wildman–Crippen LogP) is 8.94. The lowest BCUT2D eigenvalue weighted by Gasteiger charge is -2.25. The van der Waals surface area contributed by atoms with Crippen LogP contribution in [0.2, 0.25) is 0 Å². The highest BCUT2D eigenvalue weighted by Gasteiger charge is 2.39. The van der Waals surface area contributed by atoms with E-state index in [1.165, 1.54) is 49.9 Å². The monoisotopic (exact) mass is 474 g/mol. The van der Waals surface area contributed by atoms with Crippen molar-refractivity contribution in [3.05, 3.63) is 133 Å². The number of nitrogens with zero attached hydrogens (tertiary/aromatic N) is 2. The lowest BCUT2D eigenvalue weighted by molar-refractivity contribution is 0.662. The molecule has 0 spiro atoms. The summed E-state index contributed by atoms with van der Waals surface area (Å²) < 4.78 is 0. The highest BCUT2D eigenvalue weighted by molar-refractivity contribution is 6.02. The predicted molar refractivity (Wildman–Crippen MR) is 153 cm³/mol. The number of hydrogen-bond donors (Lipinski definition) is 0. The van der Waals surface area contributed by atoms with Crippen molar-refractivity contribution >= 4 is 10.9 Å². The van der Waals surface area contributed by atoms with Crippen LogP contribution in [0.4, 0.5) is 0 Å². The zero-order valence-corrected chi connectivity index (χ0v) is 20.9. The summed E-state index contributed by atoms with van der Waals surface area (Å²) in [6, 6.07) is 39.1. The summed E-state index contributed by atoms with van der Waals surface area (Å²) in [6.45, 7) is 4.66. The standard InChI is InChI=1S/C35H26N2/c1-35(2)30-14-5-3-12-28(30)34-33(35)32(29-13-4-6-15-31(29)37-34)24-18-16-23(17-19-24)25-9-7-10-26(21-25)27-11-8-20-36-22-27/h3-22H,1-2H3. The maximum atomic E-state index is 5.18. The van der Waals surface area contributed by atoms with Crippen molar-refractivity contribution in [1.29, 1.82) is 0 Å². The molecule has 0 fully saturated rings. The molecule has 2 nitrogen and oxygen atoms in total. The maximum absolute atomic E-state index is 5.18. The van der Waals surface area contributed by atoms with E-state index in [1.807, 2.05) is 18.5 Å². The van der Waals surface area contributed by atoms with E-state index in [4.69, 9.17) is 4.98 Å². The molecule has 37 heavy (non-hydrogen) atoms. The van der Waals surface area contributed by atoms with Crippen LogP contribution in [-0.4, -0.2) is 9.97 Å². The lowest BCUT2D eigenvalue weighted by Crippen LogP contribution is -2.16. The van der Waals surface area contributed by atoms with Crippen LogP contribution in [0.5, 0.6) is 0 Å². The van der Waals surface area contributed by atoms with Gasteiger partial charge in [0.25, 0.3) is 0 Å². The van der Waals surface area contributed by atoms with Gasteiger partial charge in [0.15, 0.2) is 0 Å². The molecule has 0 saturated carbocycles. The summed E-state index contributed by atoms with van der Waals surface area (Å²) in [5, 5.41) is 1.20. The minimum absolute atomic E-state index is 0.130. The van der Waals surface area contributed by atoms with Crippen molar-refractivity contribution in [3.8, 4) is 44.6 Å². The Kier molecular flexibility index (Phi) is 4.84. The Labute approximate surface area is 217 Å². The van der Waals surface area contributed by atoms with Crippen LogP contribution in [0, 0.1) is 0 Å². The number of rotatable bonds is 3. The molecule has 0 amide bonds. The Hall–Kier alpha value is -4.56. The molecule has 1 aliphatic rings. The first kappa shape index (κ1) is 21.7. The van der Waals surface area contributed by atoms with E-state index in [9.17, 15) is 0 Å². The van der Waals surface area contributed by atoms with E-state index >= 15 is 0 Å². The van der Waals surface area contributed by atoms with Crippen molar-refractivity contribution in [3.63, 3.8) is 0 Å². The molecule has 0 unspecified atom stereocenters. The largest absolute Gasteiger partial charge is 0.264 e. The van der Waals surface area contributed by atoms with Gasteiger partial charge >= 0.3 is 0 Å². The number of pyridine rings is 2. The summed E-state index contributed by atoms with van der Waals surface area (Å²) in [5.74, 6) is 0. The molecule has 4 aromatic carbocycles. The second-order valence-electron chi connectivity index (χ2n) is 10.3. The Morgan fingerprint density at radius 3 is 2.11 bits per heavy atom. The molecule has 0 aliphatic heterocycles. The quantitative estimate of drug-likeness (QED) is 0.256. The zero-order chi connectivity index (χ0) is 25.0. The van der Waals surface area contributed by atoms with Gasteiger partial charge in [-0.1, -0.05) is 105 Å². The average molecular weight is 475 g/mol. The van der Waals surface area contributed by atoms with Gasteiger partial charge in [-0.05, 0) is 57.1 Å². The van der Waals surface area contributed by atoms with Crippen molar-refractivity contribution in [2.45, 2.75) is 19.3 Å². The van der Waals surface area contributed by atoms with Gasteiger partial charge in [0.2, 0.25) is 0 Å². The van der Waals surface area contributed by atoms with Gasteiger partial charge in [0.1, 0.15) is 0 Å². The van der Waals surface area contributed by atoms with Gasteiger partial charge in [-0.25, -0.2) is 4.98 Å². The van der Waals surface area contributed by atoms with Crippen molar-refractivity contribution < 1.29 is 0 Å². The summed E-state index contributed by atoms with van der Waals surface area (Å²) in [5.41, 5.74) is 13.1. The smallest absolute Gasteiger partial charge is 0.0759 e. The van der Waals surface area contributed by atoms with Crippen molar-refractivity contribution in [2.24, 2.45) is 0 Å². The maximum Gasteiger partial charge on any atom is 0.0759 e. The molecule has 0 atom stereocenters. The molecule has 2 heterocycles. The Balaban J connectivity index is 1.39. The molecular weight excluding hydrogens is 448 g/mol. The van der Waals surface area contributed by atoms with Gasteiger partial charge in [-0.15, -0.1) is 0 Å². The Morgan fingerprint density at radius 1 is 0.595 bits per heavy atom. The van der Waals surface area contributed by atoms with Crippen LogP contribution in [0.15, 0.2) is 122 Å². The van der Waals surface area contributed by atoms with Gasteiger partial charge in [0, 0.05) is 34.3 Å². The van der Waals surface area contributed by atoms with E-state index in [-0.39, 0.29) is 5.41 Å². The molecule has 0 saturated heterocycles. The average Bonchev–Trinajstić information content (AvgIpc) is 3.19. The normalized spacial score (nSPS) is 13.4. The first-order valence-corrected chi connectivity index (χ1v) is 12.8. The third-order valence-electron chi connectivity index (χ3n) is 7.74. The molecule has 176 valence electrons. The van der Waals surface area contributed by atoms with Crippen molar-refractivity contribution in [1.82, 2.24) is 9.97 Å². The molecule has 6 aromatic rings. The van der Waals surface area contributed by atoms with E-state index in [1.54, 1.807) is 0 Å². The van der Waals surface area contributed by atoms with Crippen LogP contribution in [0.25, 0.3) is 55.5 Å². The first-order valence-electron chi connectivity index (χ1n) is 12.8. The van der Waals surface area contributed by atoms with Crippen LogP contribution < -0.4 is 0 Å². The Bertz CT molecular complexity index is 1780.